The summed E-state index contributed by atoms with van der Waals surface area (Å²) in [6, 6.07) is 4.16. The number of hydrogen-bond donors (Lipinski definition) is 1. The van der Waals surface area contributed by atoms with Crippen LogP contribution >= 0.6 is 11.6 Å². The fraction of sp³-hybridized carbons (Fsp3) is 0.583. The standard InChI is InChI=1S/C12H19ClN2O/c1-3-16-8-4-6-14-10(2)11-5-7-15-12(13)9-11/h5,7,9-10,14H,3-4,6,8H2,1-2H3. The third kappa shape index (κ3) is 4.92. The zero-order chi connectivity index (χ0) is 11.8. The van der Waals surface area contributed by atoms with E-state index in [-0.39, 0.29) is 0 Å². The second kappa shape index (κ2) is 7.60. The Kier molecular flexibility index (Phi) is 6.38. The Bertz CT molecular complexity index is 307. The van der Waals surface area contributed by atoms with Gasteiger partial charge in [-0.05, 0) is 44.5 Å². The first-order valence-corrected chi connectivity index (χ1v) is 6.04. The average molecular weight is 243 g/mol. The number of pyridine rings is 1. The fourth-order valence-corrected chi connectivity index (χ4v) is 1.62. The molecule has 1 aromatic heterocycles. The van der Waals surface area contributed by atoms with Crippen molar-refractivity contribution in [1.82, 2.24) is 10.3 Å². The van der Waals surface area contributed by atoms with E-state index in [9.17, 15) is 0 Å². The summed E-state index contributed by atoms with van der Waals surface area (Å²) in [5, 5.41) is 3.96. The van der Waals surface area contributed by atoms with Gasteiger partial charge in [0.25, 0.3) is 0 Å². The summed E-state index contributed by atoms with van der Waals surface area (Å²) in [5.41, 5.74) is 1.16. The zero-order valence-corrected chi connectivity index (χ0v) is 10.6. The number of halogens is 1. The van der Waals surface area contributed by atoms with Gasteiger partial charge in [0.15, 0.2) is 0 Å². The topological polar surface area (TPSA) is 34.1 Å². The highest BCUT2D eigenvalue weighted by Crippen LogP contribution is 2.14. The van der Waals surface area contributed by atoms with Crippen molar-refractivity contribution >= 4 is 11.6 Å². The minimum Gasteiger partial charge on any atom is -0.382 e. The van der Waals surface area contributed by atoms with Crippen LogP contribution in [-0.4, -0.2) is 24.7 Å². The van der Waals surface area contributed by atoms with Crippen molar-refractivity contribution in [2.24, 2.45) is 0 Å². The summed E-state index contributed by atoms with van der Waals surface area (Å²) in [6.45, 7) is 6.67. The molecule has 0 aromatic carbocycles. The van der Waals surface area contributed by atoms with Gasteiger partial charge in [0.2, 0.25) is 0 Å². The van der Waals surface area contributed by atoms with Crippen molar-refractivity contribution in [1.29, 1.82) is 0 Å². The molecule has 0 bridgehead atoms. The molecule has 0 spiro atoms. The van der Waals surface area contributed by atoms with Gasteiger partial charge in [-0.2, -0.15) is 0 Å². The average Bonchev–Trinajstić information content (AvgIpc) is 2.28. The van der Waals surface area contributed by atoms with Gasteiger partial charge in [-0.3, -0.25) is 0 Å². The molecule has 0 radical (unpaired) electrons. The predicted octanol–water partition coefficient (Wildman–Crippen LogP) is 2.81. The second-order valence-electron chi connectivity index (χ2n) is 3.64. The minimum absolute atomic E-state index is 0.294. The lowest BCUT2D eigenvalue weighted by Gasteiger charge is -2.14. The number of ether oxygens (including phenoxy) is 1. The van der Waals surface area contributed by atoms with Crippen molar-refractivity contribution < 1.29 is 4.74 Å². The van der Waals surface area contributed by atoms with E-state index in [0.717, 1.165) is 31.7 Å². The van der Waals surface area contributed by atoms with Gasteiger partial charge in [-0.1, -0.05) is 11.6 Å². The monoisotopic (exact) mass is 242 g/mol. The zero-order valence-electron chi connectivity index (χ0n) is 9.87. The van der Waals surface area contributed by atoms with Crippen LogP contribution in [0.1, 0.15) is 31.9 Å². The van der Waals surface area contributed by atoms with Gasteiger partial charge in [0.05, 0.1) is 0 Å². The molecule has 16 heavy (non-hydrogen) atoms. The maximum absolute atomic E-state index is 5.83. The molecule has 4 heteroatoms. The Hall–Kier alpha value is -0.640. The van der Waals surface area contributed by atoms with Crippen LogP contribution in [0.25, 0.3) is 0 Å². The van der Waals surface area contributed by atoms with E-state index in [1.807, 2.05) is 19.1 Å². The van der Waals surface area contributed by atoms with Crippen LogP contribution in [-0.2, 0) is 4.74 Å². The van der Waals surface area contributed by atoms with Crippen LogP contribution in [0.2, 0.25) is 5.15 Å². The van der Waals surface area contributed by atoms with E-state index in [0.29, 0.717) is 11.2 Å². The largest absolute Gasteiger partial charge is 0.382 e. The molecule has 0 saturated carbocycles. The molecule has 90 valence electrons. The number of aromatic nitrogens is 1. The molecule has 0 amide bonds. The molecule has 0 saturated heterocycles. The maximum atomic E-state index is 5.83. The van der Waals surface area contributed by atoms with E-state index in [1.54, 1.807) is 6.20 Å². The van der Waals surface area contributed by atoms with Gasteiger partial charge < -0.3 is 10.1 Å². The molecule has 1 atom stereocenters. The highest BCUT2D eigenvalue weighted by Gasteiger charge is 2.04. The maximum Gasteiger partial charge on any atom is 0.129 e. The van der Waals surface area contributed by atoms with E-state index in [4.69, 9.17) is 16.3 Å². The number of nitrogens with one attached hydrogen (secondary N) is 1. The third-order valence-electron chi connectivity index (χ3n) is 2.37. The molecule has 0 aliphatic heterocycles. The molecule has 3 nitrogen and oxygen atoms in total. The van der Waals surface area contributed by atoms with E-state index < -0.39 is 0 Å². The predicted molar refractivity (Wildman–Crippen MR) is 66.8 cm³/mol. The fourth-order valence-electron chi connectivity index (χ4n) is 1.44. The minimum atomic E-state index is 0.294. The Balaban J connectivity index is 2.27. The first-order chi connectivity index (χ1) is 7.74. The third-order valence-corrected chi connectivity index (χ3v) is 2.58. The first-order valence-electron chi connectivity index (χ1n) is 5.66. The molecule has 1 N–H and O–H groups in total. The smallest absolute Gasteiger partial charge is 0.129 e. The van der Waals surface area contributed by atoms with Crippen molar-refractivity contribution in [3.63, 3.8) is 0 Å². The van der Waals surface area contributed by atoms with E-state index in [2.05, 4.69) is 17.2 Å². The van der Waals surface area contributed by atoms with E-state index in [1.165, 1.54) is 0 Å². The number of nitrogens with zero attached hydrogens (tertiary/aromatic N) is 1. The summed E-state index contributed by atoms with van der Waals surface area (Å²) in [7, 11) is 0. The van der Waals surface area contributed by atoms with Crippen LogP contribution in [0.3, 0.4) is 0 Å². The molecule has 1 aromatic rings. The normalized spacial score (nSPS) is 12.7. The molecule has 0 aliphatic rings. The summed E-state index contributed by atoms with van der Waals surface area (Å²) in [5.74, 6) is 0. The van der Waals surface area contributed by atoms with Crippen LogP contribution in [0.15, 0.2) is 18.3 Å². The lowest BCUT2D eigenvalue weighted by Crippen LogP contribution is -2.21. The lowest BCUT2D eigenvalue weighted by atomic mass is 10.1. The van der Waals surface area contributed by atoms with Gasteiger partial charge in [-0.25, -0.2) is 4.98 Å². The second-order valence-corrected chi connectivity index (χ2v) is 4.03. The van der Waals surface area contributed by atoms with Gasteiger partial charge in [0.1, 0.15) is 5.15 Å². The summed E-state index contributed by atoms with van der Waals surface area (Å²) in [6.07, 6.45) is 2.76. The van der Waals surface area contributed by atoms with Crippen molar-refractivity contribution in [3.8, 4) is 0 Å². The van der Waals surface area contributed by atoms with Crippen LogP contribution < -0.4 is 5.32 Å². The van der Waals surface area contributed by atoms with Crippen LogP contribution in [0.5, 0.6) is 0 Å². The van der Waals surface area contributed by atoms with Crippen LogP contribution in [0, 0.1) is 0 Å². The molecule has 1 unspecified atom stereocenters. The Morgan fingerprint density at radius 3 is 3.06 bits per heavy atom. The Labute approximate surface area is 102 Å². The highest BCUT2D eigenvalue weighted by molar-refractivity contribution is 6.29. The molecule has 0 fully saturated rings. The first kappa shape index (κ1) is 13.4. The molecular formula is C12H19ClN2O. The lowest BCUT2D eigenvalue weighted by molar-refractivity contribution is 0.144. The Morgan fingerprint density at radius 1 is 1.56 bits per heavy atom. The highest BCUT2D eigenvalue weighted by atomic mass is 35.5. The van der Waals surface area contributed by atoms with Gasteiger partial charge >= 0.3 is 0 Å². The quantitative estimate of drug-likeness (QED) is 0.590. The van der Waals surface area contributed by atoms with E-state index >= 15 is 0 Å². The van der Waals surface area contributed by atoms with Gasteiger partial charge in [-0.15, -0.1) is 0 Å². The van der Waals surface area contributed by atoms with Crippen molar-refractivity contribution in [3.05, 3.63) is 29.0 Å². The Morgan fingerprint density at radius 2 is 2.38 bits per heavy atom. The van der Waals surface area contributed by atoms with Crippen molar-refractivity contribution in [2.75, 3.05) is 19.8 Å². The number of hydrogen-bond acceptors (Lipinski definition) is 3. The van der Waals surface area contributed by atoms with Crippen molar-refractivity contribution in [2.45, 2.75) is 26.3 Å². The SMILES string of the molecule is CCOCCCNC(C)c1ccnc(Cl)c1. The molecule has 1 rings (SSSR count). The summed E-state index contributed by atoms with van der Waals surface area (Å²) >= 11 is 5.83. The molecule has 1 heterocycles. The summed E-state index contributed by atoms with van der Waals surface area (Å²) in [4.78, 5) is 3.96. The molecule has 0 aliphatic carbocycles. The van der Waals surface area contributed by atoms with Crippen LogP contribution in [0.4, 0.5) is 0 Å². The summed E-state index contributed by atoms with van der Waals surface area (Å²) < 4.78 is 5.27. The molecular weight excluding hydrogens is 224 g/mol. The van der Waals surface area contributed by atoms with Gasteiger partial charge in [0, 0.05) is 25.5 Å². The number of rotatable bonds is 7.